The number of hydrogen-bond donors (Lipinski definition) is 2. The number of hydrogen-bond acceptors (Lipinski definition) is 4. The third-order valence-electron chi connectivity index (χ3n) is 2.20. The molecule has 0 radical (unpaired) electrons. The fourth-order valence-electron chi connectivity index (χ4n) is 1.57. The average molecular weight is 220 g/mol. The summed E-state index contributed by atoms with van der Waals surface area (Å²) < 4.78 is 22.4. The lowest BCUT2D eigenvalue weighted by Crippen LogP contribution is -2.43. The van der Waals surface area contributed by atoms with Crippen molar-refractivity contribution in [2.24, 2.45) is 5.73 Å². The van der Waals surface area contributed by atoms with E-state index in [1.165, 1.54) is 0 Å². The molecule has 0 spiro atoms. The molecule has 1 aliphatic heterocycles. The fraction of sp³-hybridized carbons (Fsp3) is 0.875. The van der Waals surface area contributed by atoms with E-state index in [1.54, 1.807) is 0 Å². The first-order chi connectivity index (χ1) is 6.53. The van der Waals surface area contributed by atoms with Gasteiger partial charge in [-0.2, -0.15) is 0 Å². The lowest BCUT2D eigenvalue weighted by molar-refractivity contribution is -0.121. The molecule has 5 nitrogen and oxygen atoms in total. The molecule has 1 heterocycles. The largest absolute Gasteiger partial charge is 0.352 e. The third kappa shape index (κ3) is 3.63. The molecule has 0 aliphatic carbocycles. The van der Waals surface area contributed by atoms with E-state index in [0.29, 0.717) is 13.0 Å². The Morgan fingerprint density at radius 1 is 1.50 bits per heavy atom. The first-order valence-corrected chi connectivity index (χ1v) is 6.55. The van der Waals surface area contributed by atoms with Crippen LogP contribution in [0.2, 0.25) is 0 Å². The van der Waals surface area contributed by atoms with Crippen LogP contribution in [0.3, 0.4) is 0 Å². The molecular formula is C8H16N2O3S. The number of carbonyl (C=O) groups excluding carboxylic acids is 1. The summed E-state index contributed by atoms with van der Waals surface area (Å²) in [6, 6.07) is -0.215. The molecule has 0 saturated carbocycles. The Kier molecular flexibility index (Phi) is 3.88. The summed E-state index contributed by atoms with van der Waals surface area (Å²) in [6.45, 7) is 0.297. The summed E-state index contributed by atoms with van der Waals surface area (Å²) in [5.41, 5.74) is 5.21. The number of carbonyl (C=O) groups is 1. The number of amides is 1. The average Bonchev–Trinajstić information content (AvgIpc) is 2.02. The van der Waals surface area contributed by atoms with Gasteiger partial charge in [-0.15, -0.1) is 0 Å². The van der Waals surface area contributed by atoms with Gasteiger partial charge in [0.05, 0.1) is 11.5 Å². The molecule has 0 aromatic carbocycles. The molecule has 82 valence electrons. The highest BCUT2D eigenvalue weighted by molar-refractivity contribution is 7.91. The van der Waals surface area contributed by atoms with Crippen molar-refractivity contribution in [3.05, 3.63) is 0 Å². The molecule has 1 unspecified atom stereocenters. The van der Waals surface area contributed by atoms with Crippen LogP contribution in [-0.2, 0) is 14.6 Å². The van der Waals surface area contributed by atoms with Gasteiger partial charge in [0, 0.05) is 19.0 Å². The Bertz CT molecular complexity index is 300. The van der Waals surface area contributed by atoms with Crippen molar-refractivity contribution in [1.82, 2.24) is 5.32 Å². The van der Waals surface area contributed by atoms with Gasteiger partial charge >= 0.3 is 0 Å². The zero-order chi connectivity index (χ0) is 10.6. The van der Waals surface area contributed by atoms with E-state index in [9.17, 15) is 13.2 Å². The van der Waals surface area contributed by atoms with Crippen molar-refractivity contribution in [2.45, 2.75) is 25.3 Å². The summed E-state index contributed by atoms with van der Waals surface area (Å²) in [4.78, 5) is 11.1. The molecule has 1 fully saturated rings. The summed E-state index contributed by atoms with van der Waals surface area (Å²) in [5, 5.41) is 2.68. The van der Waals surface area contributed by atoms with Crippen molar-refractivity contribution < 1.29 is 13.2 Å². The molecule has 1 aliphatic rings. The van der Waals surface area contributed by atoms with Gasteiger partial charge in [0.25, 0.3) is 0 Å². The summed E-state index contributed by atoms with van der Waals surface area (Å²) in [7, 11) is -2.94. The number of sulfone groups is 1. The van der Waals surface area contributed by atoms with Gasteiger partial charge in [-0.3, -0.25) is 4.79 Å². The minimum atomic E-state index is -2.94. The standard InChI is InChI=1S/C8H16N2O3S/c9-4-3-8(11)10-7-2-1-5-14(12,13)6-7/h7H,1-6,9H2,(H,10,11). The topological polar surface area (TPSA) is 89.3 Å². The quantitative estimate of drug-likeness (QED) is 0.640. The maximum Gasteiger partial charge on any atom is 0.221 e. The van der Waals surface area contributed by atoms with E-state index in [1.807, 2.05) is 0 Å². The van der Waals surface area contributed by atoms with Crippen LogP contribution in [0.15, 0.2) is 0 Å². The molecule has 3 N–H and O–H groups in total. The maximum atomic E-state index is 11.2. The lowest BCUT2D eigenvalue weighted by atomic mass is 10.2. The molecule has 0 bridgehead atoms. The van der Waals surface area contributed by atoms with Crippen LogP contribution in [-0.4, -0.2) is 38.4 Å². The van der Waals surface area contributed by atoms with Crippen LogP contribution in [0.25, 0.3) is 0 Å². The van der Waals surface area contributed by atoms with Gasteiger partial charge in [-0.1, -0.05) is 0 Å². The first-order valence-electron chi connectivity index (χ1n) is 4.73. The van der Waals surface area contributed by atoms with E-state index >= 15 is 0 Å². The SMILES string of the molecule is NCCC(=O)NC1CCCS(=O)(=O)C1. The molecule has 0 aromatic rings. The van der Waals surface area contributed by atoms with Gasteiger partial charge in [0.15, 0.2) is 9.84 Å². The second-order valence-corrected chi connectivity index (χ2v) is 5.79. The van der Waals surface area contributed by atoms with E-state index in [2.05, 4.69) is 5.32 Å². The Labute approximate surface area is 84.0 Å². The minimum absolute atomic E-state index is 0.0727. The molecule has 1 saturated heterocycles. The predicted octanol–water partition coefficient (Wildman–Crippen LogP) is -0.971. The highest BCUT2D eigenvalue weighted by atomic mass is 32.2. The van der Waals surface area contributed by atoms with Gasteiger partial charge in [-0.05, 0) is 12.8 Å². The van der Waals surface area contributed by atoms with Gasteiger partial charge < -0.3 is 11.1 Å². The molecule has 1 amide bonds. The maximum absolute atomic E-state index is 11.2. The predicted molar refractivity (Wildman–Crippen MR) is 53.5 cm³/mol. The summed E-state index contributed by atoms with van der Waals surface area (Å²) in [6.07, 6.45) is 1.64. The molecule has 1 atom stereocenters. The first kappa shape index (κ1) is 11.5. The normalized spacial score (nSPS) is 25.6. The van der Waals surface area contributed by atoms with Crippen molar-refractivity contribution in [2.75, 3.05) is 18.1 Å². The van der Waals surface area contributed by atoms with Gasteiger partial charge in [-0.25, -0.2) is 8.42 Å². The smallest absolute Gasteiger partial charge is 0.221 e. The number of nitrogens with one attached hydrogen (secondary N) is 1. The highest BCUT2D eigenvalue weighted by Gasteiger charge is 2.25. The van der Waals surface area contributed by atoms with E-state index in [0.717, 1.165) is 6.42 Å². The van der Waals surface area contributed by atoms with Crippen molar-refractivity contribution in [3.63, 3.8) is 0 Å². The second kappa shape index (κ2) is 4.75. The van der Waals surface area contributed by atoms with Crippen molar-refractivity contribution in [1.29, 1.82) is 0 Å². The monoisotopic (exact) mass is 220 g/mol. The van der Waals surface area contributed by atoms with Crippen LogP contribution in [0.5, 0.6) is 0 Å². The molecule has 0 aromatic heterocycles. The number of rotatable bonds is 3. The van der Waals surface area contributed by atoms with E-state index in [4.69, 9.17) is 5.73 Å². The number of nitrogens with two attached hydrogens (primary N) is 1. The minimum Gasteiger partial charge on any atom is -0.352 e. The Morgan fingerprint density at radius 3 is 2.79 bits per heavy atom. The second-order valence-electron chi connectivity index (χ2n) is 3.56. The Morgan fingerprint density at radius 2 is 2.21 bits per heavy atom. The zero-order valence-corrected chi connectivity index (χ0v) is 8.85. The van der Waals surface area contributed by atoms with Crippen LogP contribution < -0.4 is 11.1 Å². The summed E-state index contributed by atoms with van der Waals surface area (Å²) >= 11 is 0. The third-order valence-corrected chi connectivity index (χ3v) is 4.02. The Balaban J connectivity index is 2.42. The van der Waals surface area contributed by atoms with Crippen molar-refractivity contribution in [3.8, 4) is 0 Å². The van der Waals surface area contributed by atoms with Crippen LogP contribution in [0.1, 0.15) is 19.3 Å². The zero-order valence-electron chi connectivity index (χ0n) is 8.03. The fourth-order valence-corrected chi connectivity index (χ4v) is 3.20. The lowest BCUT2D eigenvalue weighted by Gasteiger charge is -2.22. The molecule has 1 rings (SSSR count). The highest BCUT2D eigenvalue weighted by Crippen LogP contribution is 2.11. The van der Waals surface area contributed by atoms with Gasteiger partial charge in [0.2, 0.25) is 5.91 Å². The molecule has 6 heteroatoms. The van der Waals surface area contributed by atoms with Crippen LogP contribution in [0.4, 0.5) is 0 Å². The Hall–Kier alpha value is -0.620. The van der Waals surface area contributed by atoms with Crippen LogP contribution in [0, 0.1) is 0 Å². The molecular weight excluding hydrogens is 204 g/mol. The van der Waals surface area contributed by atoms with E-state index in [-0.39, 0.29) is 29.9 Å². The summed E-state index contributed by atoms with van der Waals surface area (Å²) in [5.74, 6) is 0.161. The van der Waals surface area contributed by atoms with Crippen LogP contribution >= 0.6 is 0 Å². The molecule has 14 heavy (non-hydrogen) atoms. The van der Waals surface area contributed by atoms with Gasteiger partial charge in [0.1, 0.15) is 0 Å². The van der Waals surface area contributed by atoms with Crippen molar-refractivity contribution >= 4 is 15.7 Å². The van der Waals surface area contributed by atoms with E-state index < -0.39 is 9.84 Å².